The number of fused-ring (bicyclic) bond motifs is 1. The maximum absolute atomic E-state index is 11.8. The van der Waals surface area contributed by atoms with Crippen molar-refractivity contribution in [2.24, 2.45) is 11.3 Å². The third-order valence-electron chi connectivity index (χ3n) is 4.94. The molecule has 2 aliphatic rings. The first-order valence-electron chi connectivity index (χ1n) is 8.99. The number of urea groups is 1. The molecule has 29 heavy (non-hydrogen) atoms. The van der Waals surface area contributed by atoms with Gasteiger partial charge in [0.05, 0.1) is 18.9 Å². The summed E-state index contributed by atoms with van der Waals surface area (Å²) in [6.45, 7) is 5.01. The Morgan fingerprint density at radius 2 is 2.10 bits per heavy atom. The molecular formula is C18H25F3N4O4. The van der Waals surface area contributed by atoms with E-state index < -0.39 is 12.1 Å². The number of alkyl halides is 3. The van der Waals surface area contributed by atoms with Crippen LogP contribution in [0.2, 0.25) is 0 Å². The van der Waals surface area contributed by atoms with E-state index in [0.717, 1.165) is 38.5 Å². The van der Waals surface area contributed by atoms with Crippen LogP contribution in [0, 0.1) is 11.3 Å². The molecular weight excluding hydrogens is 393 g/mol. The van der Waals surface area contributed by atoms with E-state index in [9.17, 15) is 18.0 Å². The Labute approximate surface area is 166 Å². The van der Waals surface area contributed by atoms with Gasteiger partial charge in [-0.3, -0.25) is 9.88 Å². The Morgan fingerprint density at radius 1 is 1.41 bits per heavy atom. The summed E-state index contributed by atoms with van der Waals surface area (Å²) in [4.78, 5) is 29.1. The number of nitrogens with zero attached hydrogens (tertiary/aromatic N) is 3. The summed E-state index contributed by atoms with van der Waals surface area (Å²) < 4.78 is 37.4. The Bertz CT molecular complexity index is 702. The molecule has 2 fully saturated rings. The average Bonchev–Trinajstić information content (AvgIpc) is 3.17. The lowest BCUT2D eigenvalue weighted by atomic mass is 9.81. The molecule has 0 radical (unpaired) electrons. The number of pyridine rings is 1. The van der Waals surface area contributed by atoms with E-state index >= 15 is 0 Å². The minimum Gasteiger partial charge on any atom is -0.475 e. The van der Waals surface area contributed by atoms with Crippen LogP contribution < -0.4 is 5.32 Å². The fourth-order valence-corrected chi connectivity index (χ4v) is 3.44. The first-order valence-corrected chi connectivity index (χ1v) is 8.99. The van der Waals surface area contributed by atoms with Gasteiger partial charge in [0.15, 0.2) is 0 Å². The Balaban J connectivity index is 0.000000370. The normalized spacial score (nSPS) is 23.7. The van der Waals surface area contributed by atoms with Crippen molar-refractivity contribution < 1.29 is 32.6 Å². The second-order valence-electron chi connectivity index (χ2n) is 7.42. The third-order valence-corrected chi connectivity index (χ3v) is 4.94. The van der Waals surface area contributed by atoms with E-state index in [4.69, 9.17) is 14.6 Å². The molecule has 162 valence electrons. The monoisotopic (exact) mass is 418 g/mol. The summed E-state index contributed by atoms with van der Waals surface area (Å²) >= 11 is 0. The number of ether oxygens (including phenoxy) is 1. The largest absolute Gasteiger partial charge is 0.490 e. The van der Waals surface area contributed by atoms with Gasteiger partial charge in [-0.2, -0.15) is 13.2 Å². The van der Waals surface area contributed by atoms with Crippen molar-refractivity contribution in [3.05, 3.63) is 30.1 Å². The molecule has 3 rings (SSSR count). The molecule has 2 amide bonds. The first-order chi connectivity index (χ1) is 13.5. The van der Waals surface area contributed by atoms with Gasteiger partial charge in [-0.15, -0.1) is 0 Å². The molecule has 2 atom stereocenters. The highest BCUT2D eigenvalue weighted by Crippen LogP contribution is 2.41. The number of halogens is 3. The number of likely N-dealkylation sites (tertiary alicyclic amines) is 1. The van der Waals surface area contributed by atoms with Crippen LogP contribution in [-0.2, 0) is 16.1 Å². The van der Waals surface area contributed by atoms with E-state index in [1.807, 2.05) is 18.3 Å². The van der Waals surface area contributed by atoms with Crippen molar-refractivity contribution in [1.29, 1.82) is 0 Å². The lowest BCUT2D eigenvalue weighted by molar-refractivity contribution is -0.192. The topological polar surface area (TPSA) is 95.0 Å². The number of hydrogen-bond donors (Lipinski definition) is 2. The highest BCUT2D eigenvalue weighted by atomic mass is 19.4. The van der Waals surface area contributed by atoms with E-state index in [1.54, 1.807) is 19.0 Å². The minimum atomic E-state index is -5.08. The molecule has 0 aliphatic carbocycles. The molecule has 3 heterocycles. The molecule has 8 nitrogen and oxygen atoms in total. The maximum atomic E-state index is 11.8. The number of carboxylic acids is 1. The van der Waals surface area contributed by atoms with Crippen molar-refractivity contribution in [2.75, 3.05) is 46.9 Å². The molecule has 0 bridgehead atoms. The minimum absolute atomic E-state index is 0.0387. The number of aromatic nitrogens is 1. The van der Waals surface area contributed by atoms with Crippen molar-refractivity contribution in [2.45, 2.75) is 12.7 Å². The van der Waals surface area contributed by atoms with E-state index in [2.05, 4.69) is 21.3 Å². The van der Waals surface area contributed by atoms with Crippen molar-refractivity contribution >= 4 is 12.0 Å². The SMILES string of the molecule is CN(C)C(=O)NC[C@]12COC[C@H]1CN(Cc1ccccn1)C2.O=C(O)C(F)(F)F. The second kappa shape index (κ2) is 9.40. The molecule has 2 N–H and O–H groups in total. The molecule has 1 aromatic rings. The summed E-state index contributed by atoms with van der Waals surface area (Å²) in [6, 6.07) is 5.98. The van der Waals surface area contributed by atoms with Gasteiger partial charge in [0.2, 0.25) is 0 Å². The van der Waals surface area contributed by atoms with Gasteiger partial charge in [-0.1, -0.05) is 6.07 Å². The maximum Gasteiger partial charge on any atom is 0.490 e. The van der Waals surface area contributed by atoms with Gasteiger partial charge in [0.25, 0.3) is 0 Å². The Hall–Kier alpha value is -2.40. The summed E-state index contributed by atoms with van der Waals surface area (Å²) in [7, 11) is 3.52. The average molecular weight is 418 g/mol. The second-order valence-corrected chi connectivity index (χ2v) is 7.42. The Morgan fingerprint density at radius 3 is 2.66 bits per heavy atom. The summed E-state index contributed by atoms with van der Waals surface area (Å²) in [6.07, 6.45) is -3.25. The Kier molecular flexibility index (Phi) is 7.42. The third kappa shape index (κ3) is 6.29. The molecule has 0 aromatic carbocycles. The molecule has 2 saturated heterocycles. The highest BCUT2D eigenvalue weighted by Gasteiger charge is 2.50. The van der Waals surface area contributed by atoms with Gasteiger partial charge in [0, 0.05) is 57.8 Å². The van der Waals surface area contributed by atoms with E-state index in [-0.39, 0.29) is 11.4 Å². The molecule has 0 spiro atoms. The van der Waals surface area contributed by atoms with Gasteiger partial charge < -0.3 is 20.1 Å². The number of aliphatic carboxylic acids is 1. The zero-order chi connectivity index (χ0) is 21.7. The van der Waals surface area contributed by atoms with Gasteiger partial charge in [0.1, 0.15) is 0 Å². The molecule has 0 saturated carbocycles. The van der Waals surface area contributed by atoms with E-state index in [1.165, 1.54) is 0 Å². The number of hydrogen-bond acceptors (Lipinski definition) is 5. The van der Waals surface area contributed by atoms with Crippen LogP contribution in [0.1, 0.15) is 5.69 Å². The zero-order valence-corrected chi connectivity index (χ0v) is 16.3. The molecule has 2 aliphatic heterocycles. The van der Waals surface area contributed by atoms with Crippen molar-refractivity contribution in [3.63, 3.8) is 0 Å². The number of rotatable bonds is 4. The number of carbonyl (C=O) groups excluding carboxylic acids is 1. The molecule has 1 aromatic heterocycles. The van der Waals surface area contributed by atoms with Crippen LogP contribution in [0.25, 0.3) is 0 Å². The molecule has 0 unspecified atom stereocenters. The lowest BCUT2D eigenvalue weighted by Gasteiger charge is -2.28. The fourth-order valence-electron chi connectivity index (χ4n) is 3.44. The first kappa shape index (κ1) is 22.9. The fraction of sp³-hybridized carbons (Fsp3) is 0.611. The number of carbonyl (C=O) groups is 2. The van der Waals surface area contributed by atoms with Crippen LogP contribution in [0.4, 0.5) is 18.0 Å². The van der Waals surface area contributed by atoms with Crippen molar-refractivity contribution in [3.8, 4) is 0 Å². The standard InChI is InChI=1S/C16H24N4O2.C2HF3O2/c1-19(2)15(21)18-10-16-11-20(7-13(16)9-22-12-16)8-14-5-3-4-6-17-14;3-2(4,5)1(6)7/h3-6,13H,7-12H2,1-2H3,(H,18,21);(H,6,7)/t13-,16+;/m1./s1. The van der Waals surface area contributed by atoms with Crippen LogP contribution in [-0.4, -0.2) is 85.0 Å². The summed E-state index contributed by atoms with van der Waals surface area (Å²) in [5, 5.41) is 10.2. The van der Waals surface area contributed by atoms with Crippen LogP contribution >= 0.6 is 0 Å². The summed E-state index contributed by atoms with van der Waals surface area (Å²) in [5.74, 6) is -2.27. The lowest BCUT2D eigenvalue weighted by Crippen LogP contribution is -2.45. The van der Waals surface area contributed by atoms with Gasteiger partial charge >= 0.3 is 18.2 Å². The predicted octanol–water partition coefficient (Wildman–Crippen LogP) is 1.43. The predicted molar refractivity (Wildman–Crippen MR) is 97.0 cm³/mol. The van der Waals surface area contributed by atoms with E-state index in [0.29, 0.717) is 12.5 Å². The van der Waals surface area contributed by atoms with Crippen LogP contribution in [0.5, 0.6) is 0 Å². The number of carboxylic acid groups (broad SMARTS) is 1. The quantitative estimate of drug-likeness (QED) is 0.768. The number of amides is 2. The van der Waals surface area contributed by atoms with Gasteiger partial charge in [-0.05, 0) is 12.1 Å². The van der Waals surface area contributed by atoms with Gasteiger partial charge in [-0.25, -0.2) is 9.59 Å². The van der Waals surface area contributed by atoms with Crippen LogP contribution in [0.15, 0.2) is 24.4 Å². The summed E-state index contributed by atoms with van der Waals surface area (Å²) in [5.41, 5.74) is 1.14. The van der Waals surface area contributed by atoms with Crippen molar-refractivity contribution in [1.82, 2.24) is 20.1 Å². The highest BCUT2D eigenvalue weighted by molar-refractivity contribution is 5.73. The van der Waals surface area contributed by atoms with Crippen LogP contribution in [0.3, 0.4) is 0 Å². The zero-order valence-electron chi connectivity index (χ0n) is 16.3. The molecule has 11 heteroatoms. The number of nitrogens with one attached hydrogen (secondary N) is 1. The smallest absolute Gasteiger partial charge is 0.475 e.